The van der Waals surface area contributed by atoms with Gasteiger partial charge < -0.3 is 15.0 Å². The Bertz CT molecular complexity index is 507. The monoisotopic (exact) mass is 316 g/mol. The quantitative estimate of drug-likeness (QED) is 0.932. The van der Waals surface area contributed by atoms with Crippen molar-refractivity contribution in [2.45, 2.75) is 32.2 Å². The van der Waals surface area contributed by atoms with E-state index in [9.17, 15) is 18.0 Å². The summed E-state index contributed by atoms with van der Waals surface area (Å²) in [5, 5.41) is 2.85. The van der Waals surface area contributed by atoms with Gasteiger partial charge in [0.25, 0.3) is 0 Å². The third kappa shape index (κ3) is 4.37. The van der Waals surface area contributed by atoms with Crippen LogP contribution >= 0.6 is 0 Å². The molecule has 0 bridgehead atoms. The molecule has 4 nitrogen and oxygen atoms in total. The lowest BCUT2D eigenvalue weighted by atomic mass is 10.2. The Kier molecular flexibility index (Phi) is 4.95. The van der Waals surface area contributed by atoms with Crippen LogP contribution in [0.5, 0.6) is 0 Å². The fraction of sp³-hybridized carbons (Fsp3) is 0.533. The molecule has 1 aromatic rings. The summed E-state index contributed by atoms with van der Waals surface area (Å²) in [4.78, 5) is 13.8. The maximum atomic E-state index is 12.5. The van der Waals surface area contributed by atoms with Crippen LogP contribution in [0.2, 0.25) is 0 Å². The molecule has 0 aromatic heterocycles. The maximum absolute atomic E-state index is 12.5. The van der Waals surface area contributed by atoms with E-state index in [-0.39, 0.29) is 24.7 Å². The van der Waals surface area contributed by atoms with Gasteiger partial charge in [-0.3, -0.25) is 4.79 Å². The average Bonchev–Trinajstić information content (AvgIpc) is 2.43. The number of hydrogen-bond acceptors (Lipinski definition) is 3. The van der Waals surface area contributed by atoms with E-state index in [2.05, 4.69) is 5.32 Å². The molecule has 122 valence electrons. The number of nitrogens with zero attached hydrogens (tertiary/aromatic N) is 1. The minimum absolute atomic E-state index is 0.0150. The van der Waals surface area contributed by atoms with Gasteiger partial charge in [0.05, 0.1) is 24.3 Å². The smallest absolute Gasteiger partial charge is 0.376 e. The first-order valence-electron chi connectivity index (χ1n) is 7.10. The highest BCUT2D eigenvalue weighted by Crippen LogP contribution is 2.29. The number of carbonyl (C=O) groups excluding carboxylic acids is 1. The molecule has 2 rings (SSSR count). The van der Waals surface area contributed by atoms with E-state index < -0.39 is 11.7 Å². The van der Waals surface area contributed by atoms with Crippen LogP contribution in [-0.2, 0) is 15.7 Å². The Hall–Kier alpha value is -1.76. The summed E-state index contributed by atoms with van der Waals surface area (Å²) in [6.07, 6.45) is -4.38. The molecule has 2 unspecified atom stereocenters. The largest absolute Gasteiger partial charge is 0.416 e. The molecule has 1 N–H and O–H groups in total. The van der Waals surface area contributed by atoms with Crippen molar-refractivity contribution in [1.82, 2.24) is 4.90 Å². The average molecular weight is 316 g/mol. The fourth-order valence-corrected chi connectivity index (χ4v) is 2.45. The molecule has 1 aliphatic rings. The van der Waals surface area contributed by atoms with Crippen LogP contribution in [0.25, 0.3) is 0 Å². The predicted molar refractivity (Wildman–Crippen MR) is 76.5 cm³/mol. The lowest BCUT2D eigenvalue weighted by Gasteiger charge is -2.35. The van der Waals surface area contributed by atoms with E-state index in [1.807, 2.05) is 13.8 Å². The zero-order valence-corrected chi connectivity index (χ0v) is 12.5. The zero-order chi connectivity index (χ0) is 16.3. The topological polar surface area (TPSA) is 41.6 Å². The molecule has 0 aliphatic carbocycles. The van der Waals surface area contributed by atoms with Crippen LogP contribution in [0.3, 0.4) is 0 Å². The highest BCUT2D eigenvalue weighted by Gasteiger charge is 2.30. The number of anilines is 1. The summed E-state index contributed by atoms with van der Waals surface area (Å²) in [6.45, 7) is 4.90. The molecule has 1 amide bonds. The van der Waals surface area contributed by atoms with Gasteiger partial charge in [-0.15, -0.1) is 0 Å². The lowest BCUT2D eigenvalue weighted by molar-refractivity contribution is -0.141. The summed E-state index contributed by atoms with van der Waals surface area (Å²) in [5.74, 6) is -0.0955. The van der Waals surface area contributed by atoms with Crippen molar-refractivity contribution >= 4 is 11.6 Å². The van der Waals surface area contributed by atoms with Gasteiger partial charge >= 0.3 is 6.18 Å². The Labute approximate surface area is 127 Å². The second-order valence-electron chi connectivity index (χ2n) is 5.48. The standard InChI is InChI=1S/C15H19F3N2O2/c1-10-8-20(9-11(2)22-10)14(21)7-19-13-5-3-12(4-6-13)15(16,17)18/h3-6,10-11,19H,7-9H2,1-2H3. The van der Waals surface area contributed by atoms with Crippen LogP contribution < -0.4 is 5.32 Å². The number of alkyl halides is 3. The molecule has 1 aromatic carbocycles. The molecular formula is C15H19F3N2O2. The van der Waals surface area contributed by atoms with E-state index in [0.29, 0.717) is 18.8 Å². The fourth-order valence-electron chi connectivity index (χ4n) is 2.45. The summed E-state index contributed by atoms with van der Waals surface area (Å²) in [7, 11) is 0. The number of amides is 1. The summed E-state index contributed by atoms with van der Waals surface area (Å²) >= 11 is 0. The Morgan fingerprint density at radius 1 is 1.23 bits per heavy atom. The van der Waals surface area contributed by atoms with Crippen molar-refractivity contribution in [3.63, 3.8) is 0 Å². The lowest BCUT2D eigenvalue weighted by Crippen LogP contribution is -2.49. The van der Waals surface area contributed by atoms with Gasteiger partial charge in [0.1, 0.15) is 0 Å². The number of carbonyl (C=O) groups is 1. The van der Waals surface area contributed by atoms with Crippen molar-refractivity contribution in [3.8, 4) is 0 Å². The van der Waals surface area contributed by atoms with E-state index >= 15 is 0 Å². The maximum Gasteiger partial charge on any atom is 0.416 e. The molecule has 1 aliphatic heterocycles. The second kappa shape index (κ2) is 6.56. The first kappa shape index (κ1) is 16.6. The van der Waals surface area contributed by atoms with Crippen molar-refractivity contribution in [3.05, 3.63) is 29.8 Å². The zero-order valence-electron chi connectivity index (χ0n) is 12.5. The molecule has 2 atom stereocenters. The summed E-state index contributed by atoms with van der Waals surface area (Å²) in [6, 6.07) is 4.62. The highest BCUT2D eigenvalue weighted by atomic mass is 19.4. The third-order valence-corrected chi connectivity index (χ3v) is 3.43. The van der Waals surface area contributed by atoms with Gasteiger partial charge in [-0.1, -0.05) is 0 Å². The number of rotatable bonds is 3. The number of halogens is 3. The van der Waals surface area contributed by atoms with Crippen molar-refractivity contribution in [2.24, 2.45) is 0 Å². The molecular weight excluding hydrogens is 297 g/mol. The van der Waals surface area contributed by atoms with E-state index in [1.165, 1.54) is 12.1 Å². The summed E-state index contributed by atoms with van der Waals surface area (Å²) < 4.78 is 42.9. The van der Waals surface area contributed by atoms with Gasteiger partial charge in [0.2, 0.25) is 5.91 Å². The number of ether oxygens (including phenoxy) is 1. The van der Waals surface area contributed by atoms with Crippen LogP contribution in [0.15, 0.2) is 24.3 Å². The van der Waals surface area contributed by atoms with Crippen molar-refractivity contribution < 1.29 is 22.7 Å². The van der Waals surface area contributed by atoms with E-state index in [4.69, 9.17) is 4.74 Å². The molecule has 1 fully saturated rings. The van der Waals surface area contributed by atoms with Crippen LogP contribution in [0.1, 0.15) is 19.4 Å². The summed E-state index contributed by atoms with van der Waals surface area (Å²) in [5.41, 5.74) is -0.226. The minimum atomic E-state index is -4.35. The number of hydrogen-bond donors (Lipinski definition) is 1. The van der Waals surface area contributed by atoms with Crippen LogP contribution in [-0.4, -0.2) is 42.6 Å². The van der Waals surface area contributed by atoms with Gasteiger partial charge in [-0.05, 0) is 38.1 Å². The highest BCUT2D eigenvalue weighted by molar-refractivity contribution is 5.81. The number of nitrogens with one attached hydrogen (secondary N) is 1. The molecule has 0 radical (unpaired) electrons. The number of benzene rings is 1. The first-order valence-corrected chi connectivity index (χ1v) is 7.10. The third-order valence-electron chi connectivity index (χ3n) is 3.43. The molecule has 1 heterocycles. The Morgan fingerprint density at radius 2 is 1.77 bits per heavy atom. The molecule has 7 heteroatoms. The number of morpholine rings is 1. The predicted octanol–water partition coefficient (Wildman–Crippen LogP) is 2.75. The first-order chi connectivity index (χ1) is 10.3. The minimum Gasteiger partial charge on any atom is -0.376 e. The molecule has 0 spiro atoms. The Balaban J connectivity index is 1.88. The van der Waals surface area contributed by atoms with Crippen LogP contribution in [0, 0.1) is 0 Å². The molecule has 22 heavy (non-hydrogen) atoms. The van der Waals surface area contributed by atoms with Gasteiger partial charge in [-0.25, -0.2) is 0 Å². The van der Waals surface area contributed by atoms with Crippen molar-refractivity contribution in [1.29, 1.82) is 0 Å². The van der Waals surface area contributed by atoms with Gasteiger partial charge in [0.15, 0.2) is 0 Å². The second-order valence-corrected chi connectivity index (χ2v) is 5.48. The molecule has 1 saturated heterocycles. The Morgan fingerprint density at radius 3 is 2.27 bits per heavy atom. The SMILES string of the molecule is CC1CN(C(=O)CNc2ccc(C(F)(F)F)cc2)CC(C)O1. The normalized spacial score (nSPS) is 22.5. The van der Waals surface area contributed by atoms with Gasteiger partial charge in [0, 0.05) is 18.8 Å². The van der Waals surface area contributed by atoms with Crippen molar-refractivity contribution in [2.75, 3.05) is 25.0 Å². The van der Waals surface area contributed by atoms with Gasteiger partial charge in [-0.2, -0.15) is 13.2 Å². The van der Waals surface area contributed by atoms with Crippen LogP contribution in [0.4, 0.5) is 18.9 Å². The molecule has 0 saturated carbocycles. The van der Waals surface area contributed by atoms with E-state index in [0.717, 1.165) is 12.1 Å². The van der Waals surface area contributed by atoms with E-state index in [1.54, 1.807) is 4.90 Å².